The van der Waals surface area contributed by atoms with Gasteiger partial charge < -0.3 is 11.1 Å². The zero-order chi connectivity index (χ0) is 14.6. The highest BCUT2D eigenvalue weighted by atomic mass is 79.9. The third-order valence-electron chi connectivity index (χ3n) is 3.69. The number of hydrogen-bond donors (Lipinski definition) is 2. The lowest BCUT2D eigenvalue weighted by Crippen LogP contribution is -2.59. The molecule has 1 amide bonds. The first kappa shape index (κ1) is 14.8. The van der Waals surface area contributed by atoms with Gasteiger partial charge in [0.1, 0.15) is 5.54 Å². The maximum Gasteiger partial charge on any atom is 0.238 e. The maximum atomic E-state index is 11.9. The molecule has 0 fully saturated rings. The van der Waals surface area contributed by atoms with Crippen molar-refractivity contribution >= 4 is 21.8 Å². The van der Waals surface area contributed by atoms with Crippen molar-refractivity contribution in [1.29, 1.82) is 0 Å². The number of nitrogens with one attached hydrogen (secondary N) is 1. The summed E-state index contributed by atoms with van der Waals surface area (Å²) in [5.41, 5.74) is 15.5. The van der Waals surface area contributed by atoms with Crippen molar-refractivity contribution in [3.8, 4) is 0 Å². The quantitative estimate of drug-likeness (QED) is 0.371. The molecule has 0 saturated heterocycles. The van der Waals surface area contributed by atoms with Gasteiger partial charge in [-0.25, -0.2) is 0 Å². The highest BCUT2D eigenvalue weighted by molar-refractivity contribution is 9.10. The van der Waals surface area contributed by atoms with E-state index in [0.717, 1.165) is 16.5 Å². The van der Waals surface area contributed by atoms with Gasteiger partial charge >= 0.3 is 0 Å². The van der Waals surface area contributed by atoms with Crippen molar-refractivity contribution in [3.05, 3.63) is 44.2 Å². The van der Waals surface area contributed by atoms with Crippen LogP contribution in [0.4, 0.5) is 0 Å². The molecule has 6 nitrogen and oxygen atoms in total. The first-order valence-electron chi connectivity index (χ1n) is 6.40. The summed E-state index contributed by atoms with van der Waals surface area (Å²) in [5, 5.41) is 6.64. The fourth-order valence-corrected chi connectivity index (χ4v) is 3.01. The molecule has 0 saturated carbocycles. The Hall–Kier alpha value is -1.56. The van der Waals surface area contributed by atoms with Crippen molar-refractivity contribution in [2.45, 2.75) is 24.8 Å². The van der Waals surface area contributed by atoms with Crippen molar-refractivity contribution in [2.75, 3.05) is 13.1 Å². The highest BCUT2D eigenvalue weighted by Crippen LogP contribution is 2.30. The maximum absolute atomic E-state index is 11.9. The van der Waals surface area contributed by atoms with E-state index in [4.69, 9.17) is 11.3 Å². The van der Waals surface area contributed by atoms with Crippen LogP contribution >= 0.6 is 15.9 Å². The van der Waals surface area contributed by atoms with E-state index in [9.17, 15) is 4.79 Å². The number of amides is 1. The third kappa shape index (κ3) is 3.12. The molecule has 1 aliphatic carbocycles. The van der Waals surface area contributed by atoms with Gasteiger partial charge in [-0.2, -0.15) is 0 Å². The van der Waals surface area contributed by atoms with Crippen molar-refractivity contribution < 1.29 is 4.79 Å². The largest absolute Gasteiger partial charge is 0.368 e. The topological polar surface area (TPSA) is 104 Å². The number of rotatable bonds is 5. The van der Waals surface area contributed by atoms with Crippen LogP contribution < -0.4 is 11.1 Å². The van der Waals surface area contributed by atoms with Crippen LogP contribution in [0.15, 0.2) is 27.8 Å². The lowest BCUT2D eigenvalue weighted by Gasteiger charge is -2.36. The van der Waals surface area contributed by atoms with E-state index in [1.54, 1.807) is 0 Å². The Balaban J connectivity index is 2.17. The fourth-order valence-electron chi connectivity index (χ4n) is 2.60. The Bertz CT molecular complexity index is 570. The van der Waals surface area contributed by atoms with Gasteiger partial charge in [0.05, 0.1) is 0 Å². The number of fused-ring (bicyclic) bond motifs is 1. The van der Waals surface area contributed by atoms with E-state index < -0.39 is 5.54 Å². The standard InChI is InChI=1S/C13H16BrN5O/c14-11-2-1-10-8-13(12(15)20,4-3-9(10)7-11)17-5-6-18-19-16/h1-2,7,17H,3-6,8H2,(H2,15,20). The minimum atomic E-state index is -0.744. The number of carbonyl (C=O) groups excluding carboxylic acids is 1. The number of halogens is 1. The van der Waals surface area contributed by atoms with Crippen LogP contribution in [0.25, 0.3) is 10.4 Å². The first-order chi connectivity index (χ1) is 9.57. The normalized spacial score (nSPS) is 20.9. The monoisotopic (exact) mass is 337 g/mol. The summed E-state index contributed by atoms with van der Waals surface area (Å²) in [6.45, 7) is 0.748. The molecule has 1 unspecified atom stereocenters. The Morgan fingerprint density at radius 3 is 3.05 bits per heavy atom. The lowest BCUT2D eigenvalue weighted by atomic mass is 9.77. The molecule has 7 heteroatoms. The lowest BCUT2D eigenvalue weighted by molar-refractivity contribution is -0.124. The minimum Gasteiger partial charge on any atom is -0.368 e. The van der Waals surface area contributed by atoms with E-state index >= 15 is 0 Å². The molecule has 106 valence electrons. The van der Waals surface area contributed by atoms with Gasteiger partial charge in [-0.1, -0.05) is 27.1 Å². The molecule has 1 aliphatic rings. The minimum absolute atomic E-state index is 0.304. The predicted octanol–water partition coefficient (Wildman–Crippen LogP) is 2.06. The summed E-state index contributed by atoms with van der Waals surface area (Å²) in [4.78, 5) is 14.6. The van der Waals surface area contributed by atoms with E-state index in [-0.39, 0.29) is 5.91 Å². The molecule has 0 bridgehead atoms. The van der Waals surface area contributed by atoms with Crippen molar-refractivity contribution in [2.24, 2.45) is 10.8 Å². The zero-order valence-corrected chi connectivity index (χ0v) is 12.6. The van der Waals surface area contributed by atoms with Crippen molar-refractivity contribution in [3.63, 3.8) is 0 Å². The smallest absolute Gasteiger partial charge is 0.238 e. The van der Waals surface area contributed by atoms with Crippen LogP contribution in [-0.2, 0) is 17.6 Å². The number of nitrogens with zero attached hydrogens (tertiary/aromatic N) is 3. The summed E-state index contributed by atoms with van der Waals surface area (Å²) in [7, 11) is 0. The number of benzene rings is 1. The van der Waals surface area contributed by atoms with E-state index in [2.05, 4.69) is 37.3 Å². The first-order valence-corrected chi connectivity index (χ1v) is 7.20. The van der Waals surface area contributed by atoms with Crippen LogP contribution in [0.2, 0.25) is 0 Å². The number of azide groups is 1. The predicted molar refractivity (Wildman–Crippen MR) is 80.1 cm³/mol. The average molecular weight is 338 g/mol. The summed E-state index contributed by atoms with van der Waals surface area (Å²) >= 11 is 3.45. The molecular formula is C13H16BrN5O. The molecule has 20 heavy (non-hydrogen) atoms. The summed E-state index contributed by atoms with van der Waals surface area (Å²) < 4.78 is 1.04. The Kier molecular flexibility index (Phi) is 4.65. The van der Waals surface area contributed by atoms with Gasteiger partial charge in [0.15, 0.2) is 0 Å². The second-order valence-electron chi connectivity index (χ2n) is 4.92. The number of primary amides is 1. The number of aryl methyl sites for hydroxylation is 1. The number of carbonyl (C=O) groups is 1. The molecule has 0 spiro atoms. The SMILES string of the molecule is [N-]=[N+]=NCCNC1(C(N)=O)CCc2cc(Br)ccc2C1. The Morgan fingerprint density at radius 2 is 2.35 bits per heavy atom. The molecule has 0 radical (unpaired) electrons. The fraction of sp³-hybridized carbons (Fsp3) is 0.462. The molecule has 0 aromatic heterocycles. The summed E-state index contributed by atoms with van der Waals surface area (Å²) in [6.07, 6.45) is 2.02. The molecule has 1 aromatic rings. The van der Waals surface area contributed by atoms with E-state index in [1.165, 1.54) is 5.56 Å². The van der Waals surface area contributed by atoms with Gasteiger partial charge in [-0.05, 0) is 48.1 Å². The van der Waals surface area contributed by atoms with Crippen molar-refractivity contribution in [1.82, 2.24) is 5.32 Å². The second-order valence-corrected chi connectivity index (χ2v) is 5.83. The Labute approximate surface area is 125 Å². The van der Waals surface area contributed by atoms with E-state index in [0.29, 0.717) is 25.9 Å². The average Bonchev–Trinajstić information content (AvgIpc) is 2.43. The van der Waals surface area contributed by atoms with Crippen LogP contribution in [0, 0.1) is 0 Å². The van der Waals surface area contributed by atoms with Crippen LogP contribution in [0.3, 0.4) is 0 Å². The van der Waals surface area contributed by atoms with Gasteiger partial charge in [0.2, 0.25) is 5.91 Å². The van der Waals surface area contributed by atoms with Gasteiger partial charge in [-0.3, -0.25) is 4.79 Å². The molecule has 1 aromatic carbocycles. The third-order valence-corrected chi connectivity index (χ3v) is 4.19. The molecule has 0 heterocycles. The summed E-state index contributed by atoms with van der Waals surface area (Å²) in [5.74, 6) is -0.355. The molecule has 0 aliphatic heterocycles. The van der Waals surface area contributed by atoms with Crippen LogP contribution in [-0.4, -0.2) is 24.5 Å². The van der Waals surface area contributed by atoms with E-state index in [1.807, 2.05) is 12.1 Å². The molecule has 3 N–H and O–H groups in total. The van der Waals surface area contributed by atoms with Gasteiger partial charge in [-0.15, -0.1) is 0 Å². The molecule has 1 atom stereocenters. The summed E-state index contributed by atoms with van der Waals surface area (Å²) in [6, 6.07) is 6.07. The number of nitrogens with two attached hydrogens (primary N) is 1. The molecular weight excluding hydrogens is 322 g/mol. The van der Waals surface area contributed by atoms with Crippen LogP contribution in [0.5, 0.6) is 0 Å². The Morgan fingerprint density at radius 1 is 1.55 bits per heavy atom. The highest BCUT2D eigenvalue weighted by Gasteiger charge is 2.39. The zero-order valence-electron chi connectivity index (χ0n) is 11.0. The molecule has 2 rings (SSSR count). The van der Waals surface area contributed by atoms with Crippen LogP contribution in [0.1, 0.15) is 17.5 Å². The van der Waals surface area contributed by atoms with Gasteiger partial charge in [0.25, 0.3) is 0 Å². The second kappa shape index (κ2) is 6.26. The number of hydrogen-bond acceptors (Lipinski definition) is 3. The van der Waals surface area contributed by atoms with Gasteiger partial charge in [0, 0.05) is 22.5 Å².